The zero-order valence-corrected chi connectivity index (χ0v) is 11.3. The first kappa shape index (κ1) is 14.5. The van der Waals surface area contributed by atoms with E-state index >= 15 is 0 Å². The van der Waals surface area contributed by atoms with Gasteiger partial charge in [-0.25, -0.2) is 0 Å². The van der Waals surface area contributed by atoms with Crippen LogP contribution in [0.4, 0.5) is 0 Å². The number of hydrogen-bond acceptors (Lipinski definition) is 4. The SMILES string of the molecule is OC(CNCC1CCOC1)COCc1ccccc1. The van der Waals surface area contributed by atoms with Gasteiger partial charge in [0.05, 0.1) is 25.9 Å². The fourth-order valence-electron chi connectivity index (χ4n) is 2.14. The van der Waals surface area contributed by atoms with Crippen LogP contribution in [-0.2, 0) is 16.1 Å². The summed E-state index contributed by atoms with van der Waals surface area (Å²) in [4.78, 5) is 0. The highest BCUT2D eigenvalue weighted by Crippen LogP contribution is 2.10. The Balaban J connectivity index is 1.51. The zero-order chi connectivity index (χ0) is 13.3. The molecule has 1 aliphatic rings. The molecule has 1 fully saturated rings. The molecule has 0 radical (unpaired) electrons. The van der Waals surface area contributed by atoms with Gasteiger partial charge in [0.1, 0.15) is 0 Å². The minimum absolute atomic E-state index is 0.364. The summed E-state index contributed by atoms with van der Waals surface area (Å²) in [6.07, 6.45) is 0.666. The summed E-state index contributed by atoms with van der Waals surface area (Å²) in [5.74, 6) is 0.595. The Hall–Kier alpha value is -0.940. The molecule has 0 aliphatic carbocycles. The molecule has 4 heteroatoms. The van der Waals surface area contributed by atoms with Crippen LogP contribution >= 0.6 is 0 Å². The van der Waals surface area contributed by atoms with Crippen molar-refractivity contribution < 1.29 is 14.6 Å². The predicted molar refractivity (Wildman–Crippen MR) is 73.9 cm³/mol. The molecule has 2 N–H and O–H groups in total. The molecular weight excluding hydrogens is 242 g/mol. The van der Waals surface area contributed by atoms with E-state index in [9.17, 15) is 5.11 Å². The molecular formula is C15H23NO3. The van der Waals surface area contributed by atoms with Crippen LogP contribution in [0.5, 0.6) is 0 Å². The van der Waals surface area contributed by atoms with Crippen LogP contribution in [0.2, 0.25) is 0 Å². The minimum atomic E-state index is -0.453. The molecule has 1 aromatic carbocycles. The Morgan fingerprint density at radius 2 is 2.21 bits per heavy atom. The van der Waals surface area contributed by atoms with Crippen molar-refractivity contribution in [1.82, 2.24) is 5.32 Å². The lowest BCUT2D eigenvalue weighted by Gasteiger charge is -2.14. The number of benzene rings is 1. The summed E-state index contributed by atoms with van der Waals surface area (Å²) in [5.41, 5.74) is 1.13. The van der Waals surface area contributed by atoms with Crippen molar-refractivity contribution in [2.24, 2.45) is 5.92 Å². The molecule has 0 amide bonds. The first-order chi connectivity index (χ1) is 9.34. The van der Waals surface area contributed by atoms with E-state index in [2.05, 4.69) is 5.32 Å². The molecule has 1 heterocycles. The number of nitrogens with one attached hydrogen (secondary N) is 1. The third-order valence-electron chi connectivity index (χ3n) is 3.26. The summed E-state index contributed by atoms with van der Waals surface area (Å²) < 4.78 is 10.8. The Bertz CT molecular complexity index is 339. The Morgan fingerprint density at radius 1 is 1.37 bits per heavy atom. The summed E-state index contributed by atoms with van der Waals surface area (Å²) in [6, 6.07) is 9.99. The average molecular weight is 265 g/mol. The molecule has 106 valence electrons. The van der Waals surface area contributed by atoms with Gasteiger partial charge in [-0.1, -0.05) is 30.3 Å². The molecule has 1 aromatic rings. The Labute approximate surface area is 114 Å². The second-order valence-corrected chi connectivity index (χ2v) is 5.04. The van der Waals surface area contributed by atoms with E-state index in [0.29, 0.717) is 25.7 Å². The van der Waals surface area contributed by atoms with Gasteiger partial charge in [-0.05, 0) is 17.9 Å². The van der Waals surface area contributed by atoms with Gasteiger partial charge < -0.3 is 19.9 Å². The highest BCUT2D eigenvalue weighted by atomic mass is 16.5. The largest absolute Gasteiger partial charge is 0.389 e. The quantitative estimate of drug-likeness (QED) is 0.741. The van der Waals surface area contributed by atoms with Crippen molar-refractivity contribution in [1.29, 1.82) is 0 Å². The molecule has 2 unspecified atom stereocenters. The van der Waals surface area contributed by atoms with Crippen LogP contribution in [0.15, 0.2) is 30.3 Å². The topological polar surface area (TPSA) is 50.7 Å². The average Bonchev–Trinajstić information content (AvgIpc) is 2.93. The smallest absolute Gasteiger partial charge is 0.0897 e. The van der Waals surface area contributed by atoms with Crippen molar-refractivity contribution in [2.45, 2.75) is 19.1 Å². The number of aliphatic hydroxyl groups is 1. The van der Waals surface area contributed by atoms with E-state index in [1.165, 1.54) is 0 Å². The van der Waals surface area contributed by atoms with Crippen molar-refractivity contribution >= 4 is 0 Å². The standard InChI is InChI=1S/C15H23NO3/c17-15(9-16-8-14-6-7-18-11-14)12-19-10-13-4-2-1-3-5-13/h1-5,14-17H,6-12H2. The van der Waals surface area contributed by atoms with Gasteiger partial charge in [0.15, 0.2) is 0 Å². The lowest BCUT2D eigenvalue weighted by molar-refractivity contribution is 0.0284. The van der Waals surface area contributed by atoms with Crippen molar-refractivity contribution in [3.63, 3.8) is 0 Å². The highest BCUT2D eigenvalue weighted by Gasteiger charge is 2.15. The lowest BCUT2D eigenvalue weighted by Crippen LogP contribution is -2.33. The Kier molecular flexibility index (Phi) is 6.30. The fraction of sp³-hybridized carbons (Fsp3) is 0.600. The van der Waals surface area contributed by atoms with Crippen LogP contribution in [0.3, 0.4) is 0 Å². The lowest BCUT2D eigenvalue weighted by atomic mass is 10.1. The second-order valence-electron chi connectivity index (χ2n) is 5.04. The maximum absolute atomic E-state index is 9.78. The minimum Gasteiger partial charge on any atom is -0.389 e. The van der Waals surface area contributed by atoms with Crippen LogP contribution in [0.1, 0.15) is 12.0 Å². The van der Waals surface area contributed by atoms with Crippen LogP contribution in [-0.4, -0.2) is 44.1 Å². The highest BCUT2D eigenvalue weighted by molar-refractivity contribution is 5.13. The molecule has 19 heavy (non-hydrogen) atoms. The summed E-state index contributed by atoms with van der Waals surface area (Å²) in [5, 5.41) is 13.0. The number of hydrogen-bond donors (Lipinski definition) is 2. The number of ether oxygens (including phenoxy) is 2. The van der Waals surface area contributed by atoms with Gasteiger partial charge in [-0.3, -0.25) is 0 Å². The molecule has 1 aliphatic heterocycles. The maximum atomic E-state index is 9.78. The molecule has 2 rings (SSSR count). The molecule has 4 nitrogen and oxygen atoms in total. The zero-order valence-electron chi connectivity index (χ0n) is 11.3. The van der Waals surface area contributed by atoms with E-state index in [-0.39, 0.29) is 0 Å². The van der Waals surface area contributed by atoms with E-state index in [1.807, 2.05) is 30.3 Å². The third-order valence-corrected chi connectivity index (χ3v) is 3.26. The van der Waals surface area contributed by atoms with E-state index in [0.717, 1.165) is 31.7 Å². The van der Waals surface area contributed by atoms with E-state index in [1.54, 1.807) is 0 Å². The van der Waals surface area contributed by atoms with Gasteiger partial charge >= 0.3 is 0 Å². The van der Waals surface area contributed by atoms with Gasteiger partial charge in [-0.2, -0.15) is 0 Å². The summed E-state index contributed by atoms with van der Waals surface area (Å²) in [7, 11) is 0. The van der Waals surface area contributed by atoms with Gasteiger partial charge in [0.25, 0.3) is 0 Å². The Morgan fingerprint density at radius 3 is 2.95 bits per heavy atom. The first-order valence-corrected chi connectivity index (χ1v) is 6.93. The van der Waals surface area contributed by atoms with Gasteiger partial charge in [0.2, 0.25) is 0 Å². The maximum Gasteiger partial charge on any atom is 0.0897 e. The monoisotopic (exact) mass is 265 g/mol. The third kappa shape index (κ3) is 5.70. The van der Waals surface area contributed by atoms with Gasteiger partial charge in [0, 0.05) is 19.7 Å². The summed E-state index contributed by atoms with van der Waals surface area (Å²) in [6.45, 7) is 4.11. The van der Waals surface area contributed by atoms with Crippen molar-refractivity contribution in [3.8, 4) is 0 Å². The molecule has 0 spiro atoms. The van der Waals surface area contributed by atoms with Crippen LogP contribution in [0.25, 0.3) is 0 Å². The van der Waals surface area contributed by atoms with Crippen LogP contribution in [0, 0.1) is 5.92 Å². The van der Waals surface area contributed by atoms with Gasteiger partial charge in [-0.15, -0.1) is 0 Å². The molecule has 1 saturated heterocycles. The number of aliphatic hydroxyl groups excluding tert-OH is 1. The predicted octanol–water partition coefficient (Wildman–Crippen LogP) is 1.19. The van der Waals surface area contributed by atoms with Crippen molar-refractivity contribution in [2.75, 3.05) is 32.9 Å². The van der Waals surface area contributed by atoms with Crippen molar-refractivity contribution in [3.05, 3.63) is 35.9 Å². The molecule has 2 atom stereocenters. The second kappa shape index (κ2) is 8.27. The molecule has 0 saturated carbocycles. The normalized spacial score (nSPS) is 20.6. The molecule has 0 aromatic heterocycles. The fourth-order valence-corrected chi connectivity index (χ4v) is 2.14. The summed E-state index contributed by atoms with van der Waals surface area (Å²) >= 11 is 0. The van der Waals surface area contributed by atoms with E-state index < -0.39 is 6.10 Å². The first-order valence-electron chi connectivity index (χ1n) is 6.93. The molecule has 0 bridgehead atoms. The number of rotatable bonds is 8. The van der Waals surface area contributed by atoms with E-state index in [4.69, 9.17) is 9.47 Å². The van der Waals surface area contributed by atoms with Crippen LogP contribution < -0.4 is 5.32 Å².